The zero-order chi connectivity index (χ0) is 26.0. The zero-order valence-corrected chi connectivity index (χ0v) is 23.2. The molecule has 1 amide bonds. The second-order valence-corrected chi connectivity index (χ2v) is 10.9. The van der Waals surface area contributed by atoms with Crippen LogP contribution in [0.2, 0.25) is 0 Å². The molecule has 0 aliphatic heterocycles. The van der Waals surface area contributed by atoms with Crippen molar-refractivity contribution in [1.29, 1.82) is 0 Å². The average molecular weight is 520 g/mol. The summed E-state index contributed by atoms with van der Waals surface area (Å²) in [4.78, 5) is 28.9. The number of hydrogen-bond donors (Lipinski definition) is 4. The van der Waals surface area contributed by atoms with E-state index in [1.54, 1.807) is 0 Å². The van der Waals surface area contributed by atoms with E-state index >= 15 is 0 Å². The minimum atomic E-state index is -4.59. The summed E-state index contributed by atoms with van der Waals surface area (Å²) in [7, 11) is -4.59. The minimum Gasteiger partial charge on any atom is -0.389 e. The number of rotatable bonds is 26. The van der Waals surface area contributed by atoms with E-state index in [2.05, 4.69) is 28.9 Å². The second kappa shape index (κ2) is 25.0. The molecule has 0 aromatic carbocycles. The number of aliphatic hydroxyl groups is 1. The highest BCUT2D eigenvalue weighted by Gasteiger charge is 2.17. The lowest BCUT2D eigenvalue weighted by atomic mass is 10.0. The van der Waals surface area contributed by atoms with E-state index in [-0.39, 0.29) is 12.5 Å². The molecule has 0 saturated heterocycles. The molecule has 1 unspecified atom stereocenters. The van der Waals surface area contributed by atoms with Crippen molar-refractivity contribution in [3.05, 3.63) is 12.2 Å². The van der Waals surface area contributed by atoms with Crippen LogP contribution in [0.5, 0.6) is 0 Å². The number of aliphatic hydroxyl groups excluding tert-OH is 1. The molecule has 7 nitrogen and oxygen atoms in total. The van der Waals surface area contributed by atoms with Crippen molar-refractivity contribution >= 4 is 13.7 Å². The largest absolute Gasteiger partial charge is 0.469 e. The Balaban J connectivity index is 3.28. The molecule has 0 spiro atoms. The number of unbranched alkanes of at least 4 members (excludes halogenated alkanes) is 17. The van der Waals surface area contributed by atoms with Gasteiger partial charge in [0.15, 0.2) is 0 Å². The van der Waals surface area contributed by atoms with Gasteiger partial charge < -0.3 is 20.2 Å². The molecule has 0 aliphatic carbocycles. The second-order valence-electron chi connectivity index (χ2n) is 9.70. The van der Waals surface area contributed by atoms with Gasteiger partial charge in [-0.05, 0) is 32.1 Å². The molecular weight excluding hydrogens is 465 g/mol. The highest BCUT2D eigenvalue weighted by molar-refractivity contribution is 7.46. The number of hydrogen-bond acceptors (Lipinski definition) is 4. The third-order valence-corrected chi connectivity index (χ3v) is 6.62. The van der Waals surface area contributed by atoms with Gasteiger partial charge in [-0.2, -0.15) is 0 Å². The highest BCUT2D eigenvalue weighted by atomic mass is 31.2. The van der Waals surface area contributed by atoms with E-state index in [1.165, 1.54) is 103 Å². The fourth-order valence-corrected chi connectivity index (χ4v) is 4.35. The molecule has 0 bridgehead atoms. The molecule has 0 radical (unpaired) electrons. The van der Waals surface area contributed by atoms with E-state index in [0.29, 0.717) is 6.42 Å². The monoisotopic (exact) mass is 519 g/mol. The average Bonchev–Trinajstić information content (AvgIpc) is 2.82. The van der Waals surface area contributed by atoms with Gasteiger partial charge in [-0.15, -0.1) is 0 Å². The van der Waals surface area contributed by atoms with Crippen molar-refractivity contribution in [3.8, 4) is 0 Å². The Hall–Kier alpha value is -0.720. The van der Waals surface area contributed by atoms with Crippen molar-refractivity contribution in [2.24, 2.45) is 0 Å². The smallest absolute Gasteiger partial charge is 0.389 e. The summed E-state index contributed by atoms with van der Waals surface area (Å²) in [6.07, 6.45) is 28.2. The molecule has 0 aromatic heterocycles. The maximum Gasteiger partial charge on any atom is 0.469 e. The van der Waals surface area contributed by atoms with Gasteiger partial charge in [-0.1, -0.05) is 109 Å². The standard InChI is InChI=1S/C27H54NO6P/c1-2-3-4-5-6-7-8-9-10-11-12-13-14-15-16-17-18-19-20-21-22-23-27(30)28-24-26(29)25-34-35(31,32)33/h9-10,26,29H,2-8,11-25H2,1H3,(H,28,30)(H2,31,32,33). The lowest BCUT2D eigenvalue weighted by Gasteiger charge is -2.12. The Morgan fingerprint density at radius 3 is 1.66 bits per heavy atom. The lowest BCUT2D eigenvalue weighted by Crippen LogP contribution is -2.34. The maximum absolute atomic E-state index is 11.7. The molecule has 208 valence electrons. The van der Waals surface area contributed by atoms with E-state index in [1.807, 2.05) is 0 Å². The zero-order valence-electron chi connectivity index (χ0n) is 22.3. The van der Waals surface area contributed by atoms with Gasteiger partial charge in [-0.25, -0.2) is 4.57 Å². The molecule has 0 saturated carbocycles. The van der Waals surface area contributed by atoms with Gasteiger partial charge >= 0.3 is 7.82 Å². The van der Waals surface area contributed by atoms with Crippen molar-refractivity contribution in [3.63, 3.8) is 0 Å². The van der Waals surface area contributed by atoms with Crippen LogP contribution in [0.3, 0.4) is 0 Å². The summed E-state index contributed by atoms with van der Waals surface area (Å²) in [6, 6.07) is 0. The molecule has 8 heteroatoms. The molecule has 0 aliphatic rings. The first-order valence-electron chi connectivity index (χ1n) is 14.1. The van der Waals surface area contributed by atoms with Crippen LogP contribution in [0.1, 0.15) is 135 Å². The van der Waals surface area contributed by atoms with Crippen LogP contribution in [0.25, 0.3) is 0 Å². The third kappa shape index (κ3) is 29.4. The van der Waals surface area contributed by atoms with Crippen molar-refractivity contribution in [2.75, 3.05) is 13.2 Å². The van der Waals surface area contributed by atoms with Gasteiger partial charge in [0.1, 0.15) is 0 Å². The molecule has 35 heavy (non-hydrogen) atoms. The van der Waals surface area contributed by atoms with Gasteiger partial charge in [0.2, 0.25) is 5.91 Å². The van der Waals surface area contributed by atoms with Crippen molar-refractivity contribution in [1.82, 2.24) is 5.32 Å². The predicted molar refractivity (Wildman–Crippen MR) is 144 cm³/mol. The van der Waals surface area contributed by atoms with Gasteiger partial charge in [-0.3, -0.25) is 9.32 Å². The molecule has 0 heterocycles. The first kappa shape index (κ1) is 34.3. The van der Waals surface area contributed by atoms with Crippen LogP contribution < -0.4 is 5.32 Å². The Kier molecular flexibility index (Phi) is 24.4. The first-order chi connectivity index (χ1) is 16.8. The highest BCUT2D eigenvalue weighted by Crippen LogP contribution is 2.35. The number of phosphoric acid groups is 1. The number of phosphoric ester groups is 1. The summed E-state index contributed by atoms with van der Waals surface area (Å²) in [6.45, 7) is 1.68. The van der Waals surface area contributed by atoms with Crippen LogP contribution in [0, 0.1) is 0 Å². The molecular formula is C27H54NO6P. The Labute approximate surface area is 214 Å². The summed E-state index contributed by atoms with van der Waals surface area (Å²) >= 11 is 0. The van der Waals surface area contributed by atoms with Crippen LogP contribution in [-0.2, 0) is 13.9 Å². The maximum atomic E-state index is 11.7. The first-order valence-corrected chi connectivity index (χ1v) is 15.7. The topological polar surface area (TPSA) is 116 Å². The van der Waals surface area contributed by atoms with Crippen LogP contribution in [0.4, 0.5) is 0 Å². The lowest BCUT2D eigenvalue weighted by molar-refractivity contribution is -0.121. The summed E-state index contributed by atoms with van der Waals surface area (Å²) in [5.74, 6) is -0.159. The molecule has 0 fully saturated rings. The van der Waals surface area contributed by atoms with Crippen molar-refractivity contribution < 1.29 is 28.8 Å². The number of allylic oxidation sites excluding steroid dienone is 2. The predicted octanol–water partition coefficient (Wildman–Crippen LogP) is 6.95. The van der Waals surface area contributed by atoms with Gasteiger partial charge in [0, 0.05) is 13.0 Å². The van der Waals surface area contributed by atoms with Crippen LogP contribution in [-0.4, -0.2) is 40.1 Å². The Morgan fingerprint density at radius 2 is 1.20 bits per heavy atom. The summed E-state index contributed by atoms with van der Waals surface area (Å²) in [5, 5.41) is 12.1. The quantitative estimate of drug-likeness (QED) is 0.0558. The summed E-state index contributed by atoms with van der Waals surface area (Å²) < 4.78 is 14.7. The fourth-order valence-electron chi connectivity index (χ4n) is 3.98. The fraction of sp³-hybridized carbons (Fsp3) is 0.889. The van der Waals surface area contributed by atoms with E-state index in [9.17, 15) is 14.5 Å². The van der Waals surface area contributed by atoms with E-state index in [4.69, 9.17) is 9.79 Å². The van der Waals surface area contributed by atoms with Crippen LogP contribution in [0.15, 0.2) is 12.2 Å². The molecule has 4 N–H and O–H groups in total. The normalized spacial score (nSPS) is 12.9. The molecule has 0 rings (SSSR count). The number of carbonyl (C=O) groups excluding carboxylic acids is 1. The Morgan fingerprint density at radius 1 is 0.771 bits per heavy atom. The van der Waals surface area contributed by atoms with Gasteiger partial charge in [0.05, 0.1) is 12.7 Å². The molecule has 1 atom stereocenters. The van der Waals surface area contributed by atoms with Crippen LogP contribution >= 0.6 is 7.82 Å². The Bertz CT molecular complexity index is 552. The SMILES string of the molecule is CCCCCCCCC=CCCCCCCCCCCCCCC(=O)NCC(O)COP(=O)(O)O. The summed E-state index contributed by atoms with van der Waals surface area (Å²) in [5.41, 5.74) is 0. The third-order valence-electron chi connectivity index (χ3n) is 6.14. The van der Waals surface area contributed by atoms with E-state index in [0.717, 1.165) is 19.3 Å². The number of nitrogens with one attached hydrogen (secondary N) is 1. The number of amides is 1. The minimum absolute atomic E-state index is 0.0746. The van der Waals surface area contributed by atoms with Crippen molar-refractivity contribution in [2.45, 2.75) is 141 Å². The van der Waals surface area contributed by atoms with E-state index < -0.39 is 20.5 Å². The van der Waals surface area contributed by atoms with Gasteiger partial charge in [0.25, 0.3) is 0 Å². The molecule has 0 aromatic rings. The number of carbonyl (C=O) groups is 1.